The van der Waals surface area contributed by atoms with Crippen molar-refractivity contribution in [2.24, 2.45) is 0 Å². The zero-order chi connectivity index (χ0) is 19.7. The zero-order valence-corrected chi connectivity index (χ0v) is 17.3. The standard InChI is InChI=1S/C24H16.2C2H6/c1-2-6-16-12-22-18(11-15(16)5-1)14-24-21(22)10-9-20-19-8-4-3-7-17(19)13-23(20)24;2*1-2/h1-12H,13-14H2;2*1-2H3. The molecule has 2 aliphatic rings. The Bertz CT molecular complexity index is 1150. The fourth-order valence-electron chi connectivity index (χ4n) is 4.60. The molecule has 0 saturated heterocycles. The van der Waals surface area contributed by atoms with Crippen molar-refractivity contribution >= 4 is 10.8 Å². The van der Waals surface area contributed by atoms with Crippen molar-refractivity contribution in [2.45, 2.75) is 40.5 Å². The molecule has 0 radical (unpaired) electrons. The van der Waals surface area contributed by atoms with Gasteiger partial charge in [0.05, 0.1) is 0 Å². The average molecular weight is 365 g/mol. The van der Waals surface area contributed by atoms with Crippen LogP contribution in [0, 0.1) is 0 Å². The Morgan fingerprint density at radius 1 is 0.464 bits per heavy atom. The van der Waals surface area contributed by atoms with Crippen LogP contribution >= 0.6 is 0 Å². The SMILES string of the molecule is CC.CC.c1ccc2c(c1)Cc1c-2ccc2c1Cc1cc3ccccc3cc1-2. The maximum absolute atomic E-state index is 2.39. The molecule has 0 amide bonds. The average Bonchev–Trinajstić information content (AvgIpc) is 3.33. The summed E-state index contributed by atoms with van der Waals surface area (Å²) in [7, 11) is 0. The summed E-state index contributed by atoms with van der Waals surface area (Å²) >= 11 is 0. The molecule has 2 aliphatic carbocycles. The van der Waals surface area contributed by atoms with E-state index < -0.39 is 0 Å². The molecule has 0 saturated carbocycles. The van der Waals surface area contributed by atoms with Crippen molar-refractivity contribution in [1.82, 2.24) is 0 Å². The van der Waals surface area contributed by atoms with E-state index in [0.717, 1.165) is 12.8 Å². The fourth-order valence-corrected chi connectivity index (χ4v) is 4.60. The van der Waals surface area contributed by atoms with Crippen LogP contribution in [-0.2, 0) is 12.8 Å². The molecular weight excluding hydrogens is 336 g/mol. The molecule has 4 aromatic rings. The summed E-state index contributed by atoms with van der Waals surface area (Å²) < 4.78 is 0. The second-order valence-electron chi connectivity index (χ2n) is 6.98. The van der Waals surface area contributed by atoms with Gasteiger partial charge in [-0.25, -0.2) is 0 Å². The van der Waals surface area contributed by atoms with E-state index in [4.69, 9.17) is 0 Å². The van der Waals surface area contributed by atoms with Crippen molar-refractivity contribution in [2.75, 3.05) is 0 Å². The number of fused-ring (bicyclic) bond motifs is 8. The largest absolute Gasteiger partial charge is 0.0683 e. The van der Waals surface area contributed by atoms with Gasteiger partial charge in [-0.2, -0.15) is 0 Å². The molecule has 0 unspecified atom stereocenters. The van der Waals surface area contributed by atoms with Crippen LogP contribution in [0.25, 0.3) is 33.0 Å². The van der Waals surface area contributed by atoms with E-state index in [1.165, 1.54) is 44.2 Å². The maximum atomic E-state index is 2.39. The molecule has 4 aromatic carbocycles. The third-order valence-electron chi connectivity index (χ3n) is 5.73. The van der Waals surface area contributed by atoms with E-state index in [0.29, 0.717) is 0 Å². The molecule has 0 fully saturated rings. The van der Waals surface area contributed by atoms with Gasteiger partial charge >= 0.3 is 0 Å². The van der Waals surface area contributed by atoms with Gasteiger partial charge in [0.1, 0.15) is 0 Å². The Kier molecular flexibility index (Phi) is 5.05. The first-order valence-corrected chi connectivity index (χ1v) is 10.6. The van der Waals surface area contributed by atoms with Crippen molar-refractivity contribution in [3.63, 3.8) is 0 Å². The number of hydrogen-bond donors (Lipinski definition) is 0. The van der Waals surface area contributed by atoms with Gasteiger partial charge in [0.15, 0.2) is 0 Å². The fraction of sp³-hybridized carbons (Fsp3) is 0.214. The Morgan fingerprint density at radius 2 is 1.00 bits per heavy atom. The zero-order valence-electron chi connectivity index (χ0n) is 17.3. The van der Waals surface area contributed by atoms with Crippen molar-refractivity contribution in [3.8, 4) is 22.3 Å². The predicted molar refractivity (Wildman–Crippen MR) is 123 cm³/mol. The lowest BCUT2D eigenvalue weighted by Gasteiger charge is -2.08. The highest BCUT2D eigenvalue weighted by atomic mass is 14.3. The second-order valence-corrected chi connectivity index (χ2v) is 6.98. The summed E-state index contributed by atoms with van der Waals surface area (Å²) in [5.41, 5.74) is 11.8. The lowest BCUT2D eigenvalue weighted by atomic mass is 9.96. The van der Waals surface area contributed by atoms with Crippen LogP contribution in [-0.4, -0.2) is 0 Å². The van der Waals surface area contributed by atoms with E-state index in [1.807, 2.05) is 27.7 Å². The minimum absolute atomic E-state index is 1.08. The minimum atomic E-state index is 1.08. The molecule has 0 aromatic heterocycles. The van der Waals surface area contributed by atoms with Crippen molar-refractivity contribution < 1.29 is 0 Å². The topological polar surface area (TPSA) is 0 Å². The van der Waals surface area contributed by atoms with Crippen LogP contribution in [0.3, 0.4) is 0 Å². The van der Waals surface area contributed by atoms with Gasteiger partial charge in [0.2, 0.25) is 0 Å². The summed E-state index contributed by atoms with van der Waals surface area (Å²) in [5, 5.41) is 2.69. The monoisotopic (exact) mass is 364 g/mol. The van der Waals surface area contributed by atoms with Crippen LogP contribution in [0.1, 0.15) is 49.9 Å². The first kappa shape index (κ1) is 18.5. The van der Waals surface area contributed by atoms with E-state index in [-0.39, 0.29) is 0 Å². The summed E-state index contributed by atoms with van der Waals surface area (Å²) in [6.45, 7) is 8.00. The first-order valence-electron chi connectivity index (χ1n) is 10.6. The highest BCUT2D eigenvalue weighted by Crippen LogP contribution is 2.47. The third kappa shape index (κ3) is 2.76. The van der Waals surface area contributed by atoms with E-state index >= 15 is 0 Å². The van der Waals surface area contributed by atoms with Crippen LogP contribution < -0.4 is 0 Å². The number of rotatable bonds is 0. The lowest BCUT2D eigenvalue weighted by molar-refractivity contribution is 1.16. The van der Waals surface area contributed by atoms with Gasteiger partial charge in [-0.15, -0.1) is 0 Å². The quantitative estimate of drug-likeness (QED) is 0.256. The minimum Gasteiger partial charge on any atom is -0.0683 e. The molecule has 0 spiro atoms. The molecule has 0 N–H and O–H groups in total. The smallest absolute Gasteiger partial charge is 0.00102 e. The summed E-state index contributed by atoms with van der Waals surface area (Å²) in [6.07, 6.45) is 2.16. The van der Waals surface area contributed by atoms with Gasteiger partial charge in [-0.1, -0.05) is 94.4 Å². The van der Waals surface area contributed by atoms with Crippen LogP contribution in [0.5, 0.6) is 0 Å². The molecule has 0 atom stereocenters. The highest BCUT2D eigenvalue weighted by Gasteiger charge is 2.27. The normalized spacial score (nSPS) is 12.0. The van der Waals surface area contributed by atoms with Crippen molar-refractivity contribution in [3.05, 3.63) is 95.1 Å². The molecule has 28 heavy (non-hydrogen) atoms. The molecule has 6 rings (SSSR count). The van der Waals surface area contributed by atoms with Crippen LogP contribution in [0.15, 0.2) is 72.8 Å². The number of hydrogen-bond acceptors (Lipinski definition) is 0. The molecule has 0 nitrogen and oxygen atoms in total. The van der Waals surface area contributed by atoms with Gasteiger partial charge in [-0.05, 0) is 74.2 Å². The summed E-state index contributed by atoms with van der Waals surface area (Å²) in [6, 6.07) is 27.0. The van der Waals surface area contributed by atoms with E-state index in [2.05, 4.69) is 72.8 Å². The highest BCUT2D eigenvalue weighted by molar-refractivity contribution is 5.94. The Labute approximate surface area is 168 Å². The van der Waals surface area contributed by atoms with Crippen molar-refractivity contribution in [1.29, 1.82) is 0 Å². The Hall–Kier alpha value is -2.86. The van der Waals surface area contributed by atoms with Gasteiger partial charge < -0.3 is 0 Å². The Morgan fingerprint density at radius 3 is 1.71 bits per heavy atom. The second kappa shape index (κ2) is 7.64. The molecule has 0 aliphatic heterocycles. The van der Waals surface area contributed by atoms with E-state index in [9.17, 15) is 0 Å². The van der Waals surface area contributed by atoms with Crippen LogP contribution in [0.2, 0.25) is 0 Å². The Balaban J connectivity index is 0.000000454. The first-order chi connectivity index (χ1) is 13.9. The van der Waals surface area contributed by atoms with Gasteiger partial charge in [-0.3, -0.25) is 0 Å². The molecule has 0 bridgehead atoms. The summed E-state index contributed by atoms with van der Waals surface area (Å²) in [5.74, 6) is 0. The van der Waals surface area contributed by atoms with Gasteiger partial charge in [0, 0.05) is 0 Å². The van der Waals surface area contributed by atoms with Gasteiger partial charge in [0.25, 0.3) is 0 Å². The summed E-state index contributed by atoms with van der Waals surface area (Å²) in [4.78, 5) is 0. The third-order valence-corrected chi connectivity index (χ3v) is 5.73. The maximum Gasteiger partial charge on any atom is -0.00102 e. The molecular formula is C28H28. The molecule has 0 heterocycles. The molecule has 0 heteroatoms. The predicted octanol–water partition coefficient (Wildman–Crippen LogP) is 8.03. The number of benzene rings is 4. The van der Waals surface area contributed by atoms with E-state index in [1.54, 1.807) is 11.1 Å². The van der Waals surface area contributed by atoms with Crippen LogP contribution in [0.4, 0.5) is 0 Å². The lowest BCUT2D eigenvalue weighted by Crippen LogP contribution is -1.90. The molecule has 140 valence electrons.